The highest BCUT2D eigenvalue weighted by molar-refractivity contribution is 7.92. The Kier molecular flexibility index (Phi) is 3.82. The summed E-state index contributed by atoms with van der Waals surface area (Å²) < 4.78 is 29.7. The molecule has 0 atom stereocenters. The number of benzene rings is 2. The molecule has 23 heavy (non-hydrogen) atoms. The first-order valence-corrected chi connectivity index (χ1v) is 8.86. The van der Waals surface area contributed by atoms with Crippen LogP contribution in [0.2, 0.25) is 5.02 Å². The van der Waals surface area contributed by atoms with Gasteiger partial charge in [-0.1, -0.05) is 11.6 Å². The van der Waals surface area contributed by atoms with E-state index in [1.807, 2.05) is 18.5 Å². The Hall–Kier alpha value is -2.05. The van der Waals surface area contributed by atoms with E-state index in [9.17, 15) is 8.42 Å². The van der Waals surface area contributed by atoms with Crippen LogP contribution < -0.4 is 4.72 Å². The molecule has 0 radical (unpaired) electrons. The highest BCUT2D eigenvalue weighted by atomic mass is 35.5. The highest BCUT2D eigenvalue weighted by Gasteiger charge is 2.17. The Bertz CT molecular complexity index is 1010. The standard InChI is InChI=1S/C16H16ClN3O2S/c1-10-8-12(17)4-6-14(10)19-23(21,22)13-5-7-16-15(9-13)18-11(2)20(16)3/h4-9,19H,1-3H3. The van der Waals surface area contributed by atoms with Gasteiger partial charge in [0.05, 0.1) is 21.6 Å². The van der Waals surface area contributed by atoms with Crippen molar-refractivity contribution in [3.63, 3.8) is 0 Å². The van der Waals surface area contributed by atoms with Crippen LogP contribution in [-0.4, -0.2) is 18.0 Å². The van der Waals surface area contributed by atoms with Gasteiger partial charge in [0, 0.05) is 12.1 Å². The van der Waals surface area contributed by atoms with Crippen molar-refractivity contribution in [3.05, 3.63) is 52.8 Å². The van der Waals surface area contributed by atoms with Gasteiger partial charge in [-0.2, -0.15) is 0 Å². The van der Waals surface area contributed by atoms with Crippen LogP contribution >= 0.6 is 11.6 Å². The molecule has 120 valence electrons. The van der Waals surface area contributed by atoms with Crippen LogP contribution in [0.15, 0.2) is 41.3 Å². The zero-order valence-corrected chi connectivity index (χ0v) is 14.5. The third-order valence-electron chi connectivity index (χ3n) is 3.82. The number of aromatic nitrogens is 2. The smallest absolute Gasteiger partial charge is 0.261 e. The number of hydrogen-bond donors (Lipinski definition) is 1. The summed E-state index contributed by atoms with van der Waals surface area (Å²) in [4.78, 5) is 4.55. The molecule has 1 aromatic heterocycles. The summed E-state index contributed by atoms with van der Waals surface area (Å²) in [7, 11) is -1.79. The summed E-state index contributed by atoms with van der Waals surface area (Å²) in [5.41, 5.74) is 2.81. The second-order valence-corrected chi connectivity index (χ2v) is 7.55. The van der Waals surface area contributed by atoms with Gasteiger partial charge in [-0.25, -0.2) is 13.4 Å². The van der Waals surface area contributed by atoms with Gasteiger partial charge in [-0.05, 0) is 55.8 Å². The monoisotopic (exact) mass is 349 g/mol. The molecule has 1 N–H and O–H groups in total. The number of aryl methyl sites for hydroxylation is 3. The second kappa shape index (κ2) is 5.54. The van der Waals surface area contributed by atoms with E-state index in [-0.39, 0.29) is 4.90 Å². The van der Waals surface area contributed by atoms with E-state index in [1.54, 1.807) is 43.3 Å². The van der Waals surface area contributed by atoms with E-state index >= 15 is 0 Å². The Labute approximate surface area is 140 Å². The normalized spacial score (nSPS) is 11.8. The van der Waals surface area contributed by atoms with Gasteiger partial charge in [0.25, 0.3) is 10.0 Å². The Morgan fingerprint density at radius 2 is 1.87 bits per heavy atom. The maximum absolute atomic E-state index is 12.6. The minimum Gasteiger partial charge on any atom is -0.331 e. The van der Waals surface area contributed by atoms with Crippen molar-refractivity contribution < 1.29 is 8.42 Å². The molecule has 0 aliphatic carbocycles. The van der Waals surface area contributed by atoms with Gasteiger partial charge in [-0.3, -0.25) is 4.72 Å². The van der Waals surface area contributed by atoms with Crippen molar-refractivity contribution in [2.75, 3.05) is 4.72 Å². The Morgan fingerprint density at radius 3 is 2.57 bits per heavy atom. The van der Waals surface area contributed by atoms with Crippen LogP contribution in [-0.2, 0) is 17.1 Å². The van der Waals surface area contributed by atoms with Gasteiger partial charge in [0.2, 0.25) is 0 Å². The van der Waals surface area contributed by atoms with E-state index in [2.05, 4.69) is 9.71 Å². The van der Waals surface area contributed by atoms with E-state index < -0.39 is 10.0 Å². The number of rotatable bonds is 3. The molecule has 5 nitrogen and oxygen atoms in total. The molecule has 0 bridgehead atoms. The first-order chi connectivity index (χ1) is 10.8. The molecule has 7 heteroatoms. The molecule has 3 rings (SSSR count). The topological polar surface area (TPSA) is 64.0 Å². The van der Waals surface area contributed by atoms with Crippen molar-refractivity contribution in [3.8, 4) is 0 Å². The number of anilines is 1. The number of sulfonamides is 1. The fraction of sp³-hybridized carbons (Fsp3) is 0.188. The summed E-state index contributed by atoms with van der Waals surface area (Å²) >= 11 is 5.90. The van der Waals surface area contributed by atoms with Crippen LogP contribution in [0.3, 0.4) is 0 Å². The van der Waals surface area contributed by atoms with Gasteiger partial charge < -0.3 is 4.57 Å². The van der Waals surface area contributed by atoms with Crippen LogP contribution in [0.4, 0.5) is 5.69 Å². The average Bonchev–Trinajstić information content (AvgIpc) is 2.77. The predicted molar refractivity (Wildman–Crippen MR) is 92.4 cm³/mol. The lowest BCUT2D eigenvalue weighted by Gasteiger charge is -2.11. The minimum atomic E-state index is -3.69. The quantitative estimate of drug-likeness (QED) is 0.785. The van der Waals surface area contributed by atoms with Crippen molar-refractivity contribution in [1.82, 2.24) is 9.55 Å². The fourth-order valence-corrected chi connectivity index (χ4v) is 3.79. The zero-order valence-electron chi connectivity index (χ0n) is 13.0. The van der Waals surface area contributed by atoms with E-state index in [0.717, 1.165) is 16.9 Å². The first-order valence-electron chi connectivity index (χ1n) is 7.00. The lowest BCUT2D eigenvalue weighted by Crippen LogP contribution is -2.13. The molecule has 0 saturated heterocycles. The molecular formula is C16H16ClN3O2S. The minimum absolute atomic E-state index is 0.178. The Balaban J connectivity index is 2.02. The number of nitrogens with zero attached hydrogens (tertiary/aromatic N) is 2. The first kappa shape index (κ1) is 15.8. The van der Waals surface area contributed by atoms with Gasteiger partial charge >= 0.3 is 0 Å². The highest BCUT2D eigenvalue weighted by Crippen LogP contribution is 2.24. The van der Waals surface area contributed by atoms with E-state index in [0.29, 0.717) is 16.2 Å². The Morgan fingerprint density at radius 1 is 1.13 bits per heavy atom. The van der Waals surface area contributed by atoms with Crippen molar-refractivity contribution in [1.29, 1.82) is 0 Å². The zero-order chi connectivity index (χ0) is 16.8. The summed E-state index contributed by atoms with van der Waals surface area (Å²) in [6.07, 6.45) is 0. The van der Waals surface area contributed by atoms with Crippen LogP contribution in [0, 0.1) is 13.8 Å². The number of nitrogens with one attached hydrogen (secondary N) is 1. The molecule has 0 unspecified atom stereocenters. The number of imidazole rings is 1. The summed E-state index contributed by atoms with van der Waals surface area (Å²) in [5.74, 6) is 0.830. The summed E-state index contributed by atoms with van der Waals surface area (Å²) in [6.45, 7) is 3.68. The third-order valence-corrected chi connectivity index (χ3v) is 5.42. The lowest BCUT2D eigenvalue weighted by molar-refractivity contribution is 0.601. The molecule has 0 amide bonds. The fourth-order valence-electron chi connectivity index (χ4n) is 2.41. The van der Waals surface area contributed by atoms with Gasteiger partial charge in [0.1, 0.15) is 5.82 Å². The lowest BCUT2D eigenvalue weighted by atomic mass is 10.2. The van der Waals surface area contributed by atoms with Crippen LogP contribution in [0.1, 0.15) is 11.4 Å². The molecule has 1 heterocycles. The summed E-state index contributed by atoms with van der Waals surface area (Å²) in [6, 6.07) is 9.94. The molecular weight excluding hydrogens is 334 g/mol. The molecule has 3 aromatic rings. The van der Waals surface area contributed by atoms with Gasteiger partial charge in [-0.15, -0.1) is 0 Å². The largest absolute Gasteiger partial charge is 0.331 e. The maximum Gasteiger partial charge on any atom is 0.261 e. The average molecular weight is 350 g/mol. The third kappa shape index (κ3) is 2.92. The molecule has 2 aromatic carbocycles. The SMILES string of the molecule is Cc1cc(Cl)ccc1NS(=O)(=O)c1ccc2c(c1)nc(C)n2C. The number of halogens is 1. The predicted octanol–water partition coefficient (Wildman–Crippen LogP) is 3.64. The molecule has 0 spiro atoms. The van der Waals surface area contributed by atoms with Crippen molar-refractivity contribution >= 4 is 38.3 Å². The van der Waals surface area contributed by atoms with Crippen molar-refractivity contribution in [2.45, 2.75) is 18.7 Å². The molecule has 0 fully saturated rings. The molecule has 0 aliphatic rings. The molecule has 0 aliphatic heterocycles. The van der Waals surface area contributed by atoms with Gasteiger partial charge in [0.15, 0.2) is 0 Å². The van der Waals surface area contributed by atoms with Crippen LogP contribution in [0.25, 0.3) is 11.0 Å². The van der Waals surface area contributed by atoms with Crippen molar-refractivity contribution in [2.24, 2.45) is 7.05 Å². The maximum atomic E-state index is 12.6. The van der Waals surface area contributed by atoms with E-state index in [4.69, 9.17) is 11.6 Å². The molecule has 0 saturated carbocycles. The number of hydrogen-bond acceptors (Lipinski definition) is 3. The summed E-state index contributed by atoms with van der Waals surface area (Å²) in [5, 5.41) is 0.566. The second-order valence-electron chi connectivity index (χ2n) is 5.43. The number of fused-ring (bicyclic) bond motifs is 1. The van der Waals surface area contributed by atoms with E-state index in [1.165, 1.54) is 0 Å². The van der Waals surface area contributed by atoms with Crippen LogP contribution in [0.5, 0.6) is 0 Å².